The van der Waals surface area contributed by atoms with Gasteiger partial charge in [-0.3, -0.25) is 9.59 Å². The molecule has 2 aliphatic heterocycles. The van der Waals surface area contributed by atoms with Gasteiger partial charge < -0.3 is 9.80 Å². The quantitative estimate of drug-likeness (QED) is 0.829. The second-order valence-corrected chi connectivity index (χ2v) is 8.01. The molecular weight excluding hydrogens is 336 g/mol. The third-order valence-corrected chi connectivity index (χ3v) is 6.33. The van der Waals surface area contributed by atoms with E-state index in [9.17, 15) is 9.59 Å². The molecular formula is C20H25ClN2O2. The van der Waals surface area contributed by atoms with Crippen molar-refractivity contribution in [2.45, 2.75) is 38.0 Å². The third-order valence-electron chi connectivity index (χ3n) is 5.99. The summed E-state index contributed by atoms with van der Waals surface area (Å²) in [4.78, 5) is 29.3. The highest BCUT2D eigenvalue weighted by Gasteiger charge is 2.47. The topological polar surface area (TPSA) is 40.6 Å². The summed E-state index contributed by atoms with van der Waals surface area (Å²) in [5.74, 6) is 1.01. The number of rotatable bonds is 3. The first-order valence-electron chi connectivity index (χ1n) is 9.47. The number of nitrogens with zero attached hydrogens (tertiary/aromatic N) is 2. The van der Waals surface area contributed by atoms with Gasteiger partial charge in [0.05, 0.1) is 0 Å². The molecule has 2 atom stereocenters. The third kappa shape index (κ3) is 3.41. The molecule has 0 spiro atoms. The summed E-state index contributed by atoms with van der Waals surface area (Å²) in [6, 6.07) is 7.83. The second kappa shape index (κ2) is 6.99. The van der Waals surface area contributed by atoms with Crippen LogP contribution in [0.5, 0.6) is 0 Å². The minimum atomic E-state index is 0.0748. The van der Waals surface area contributed by atoms with Gasteiger partial charge in [-0.05, 0) is 49.7 Å². The zero-order valence-corrected chi connectivity index (χ0v) is 15.3. The highest BCUT2D eigenvalue weighted by molar-refractivity contribution is 6.31. The van der Waals surface area contributed by atoms with Crippen molar-refractivity contribution in [3.63, 3.8) is 0 Å². The van der Waals surface area contributed by atoms with E-state index >= 15 is 0 Å². The van der Waals surface area contributed by atoms with E-state index in [0.717, 1.165) is 68.9 Å². The minimum absolute atomic E-state index is 0.0748. The Labute approximate surface area is 154 Å². The van der Waals surface area contributed by atoms with Crippen LogP contribution >= 0.6 is 11.6 Å². The molecule has 1 aromatic carbocycles. The number of carbonyl (C=O) groups excluding carboxylic acids is 2. The average Bonchev–Trinajstić information content (AvgIpc) is 3.24. The standard InChI is InChI=1S/C20H25ClN2O2/c21-18-6-2-1-5-15(18)16-13-17(16)20(25)23-11-7-14(8-12-23)19(24)22-9-3-4-10-22/h1-2,5-6,14,16-17H,3-4,7-13H2. The van der Waals surface area contributed by atoms with Gasteiger partial charge >= 0.3 is 0 Å². The molecule has 2 amide bonds. The number of halogens is 1. The summed E-state index contributed by atoms with van der Waals surface area (Å²) in [6.07, 6.45) is 4.78. The minimum Gasteiger partial charge on any atom is -0.342 e. The first kappa shape index (κ1) is 16.9. The molecule has 4 nitrogen and oxygen atoms in total. The van der Waals surface area contributed by atoms with Crippen molar-refractivity contribution in [3.8, 4) is 0 Å². The summed E-state index contributed by atoms with van der Waals surface area (Å²) in [5.41, 5.74) is 1.10. The molecule has 3 aliphatic rings. The summed E-state index contributed by atoms with van der Waals surface area (Å²) < 4.78 is 0. The number of carbonyl (C=O) groups is 2. The zero-order valence-electron chi connectivity index (χ0n) is 14.5. The fraction of sp³-hybridized carbons (Fsp3) is 0.600. The van der Waals surface area contributed by atoms with Crippen LogP contribution < -0.4 is 0 Å². The molecule has 2 unspecified atom stereocenters. The number of benzene rings is 1. The van der Waals surface area contributed by atoms with Gasteiger partial charge in [0, 0.05) is 43.0 Å². The van der Waals surface area contributed by atoms with E-state index < -0.39 is 0 Å². The Kier molecular flexibility index (Phi) is 4.72. The van der Waals surface area contributed by atoms with Gasteiger partial charge in [0.1, 0.15) is 0 Å². The van der Waals surface area contributed by atoms with Crippen LogP contribution in [0.2, 0.25) is 5.02 Å². The molecule has 0 bridgehead atoms. The van der Waals surface area contributed by atoms with Gasteiger partial charge in [0.25, 0.3) is 0 Å². The predicted molar refractivity (Wildman–Crippen MR) is 97.4 cm³/mol. The maximum Gasteiger partial charge on any atom is 0.226 e. The lowest BCUT2D eigenvalue weighted by Gasteiger charge is -2.33. The predicted octanol–water partition coefficient (Wildman–Crippen LogP) is 3.30. The smallest absolute Gasteiger partial charge is 0.226 e. The Hall–Kier alpha value is -1.55. The highest BCUT2D eigenvalue weighted by Crippen LogP contribution is 2.50. The first-order chi connectivity index (χ1) is 12.1. The number of piperidine rings is 1. The maximum absolute atomic E-state index is 12.8. The zero-order chi connectivity index (χ0) is 17.4. The van der Waals surface area contributed by atoms with Crippen LogP contribution in [-0.4, -0.2) is 47.8 Å². The molecule has 0 N–H and O–H groups in total. The molecule has 1 saturated carbocycles. The SMILES string of the molecule is O=C(C1CCN(C(=O)C2CC2c2ccccc2Cl)CC1)N1CCCC1. The Balaban J connectivity index is 1.30. The normalized spacial score (nSPS) is 26.8. The number of hydrogen-bond donors (Lipinski definition) is 0. The Morgan fingerprint density at radius 3 is 2.24 bits per heavy atom. The van der Waals surface area contributed by atoms with Gasteiger partial charge in [0.15, 0.2) is 0 Å². The largest absolute Gasteiger partial charge is 0.342 e. The molecule has 0 aromatic heterocycles. The molecule has 1 aliphatic carbocycles. The number of hydrogen-bond acceptors (Lipinski definition) is 2. The molecule has 3 fully saturated rings. The maximum atomic E-state index is 12.8. The van der Waals surface area contributed by atoms with E-state index in [4.69, 9.17) is 11.6 Å². The van der Waals surface area contributed by atoms with Crippen molar-refractivity contribution in [1.29, 1.82) is 0 Å². The molecule has 1 aromatic rings. The van der Waals surface area contributed by atoms with Gasteiger partial charge in [-0.1, -0.05) is 29.8 Å². The van der Waals surface area contributed by atoms with Crippen LogP contribution in [0, 0.1) is 11.8 Å². The lowest BCUT2D eigenvalue weighted by atomic mass is 9.95. The molecule has 4 rings (SSSR count). The van der Waals surface area contributed by atoms with Crippen LogP contribution in [-0.2, 0) is 9.59 Å². The lowest BCUT2D eigenvalue weighted by Crippen LogP contribution is -2.44. The molecule has 2 saturated heterocycles. The molecule has 5 heteroatoms. The van der Waals surface area contributed by atoms with E-state index in [1.54, 1.807) is 0 Å². The highest BCUT2D eigenvalue weighted by atomic mass is 35.5. The van der Waals surface area contributed by atoms with Crippen molar-refractivity contribution in [1.82, 2.24) is 9.80 Å². The van der Waals surface area contributed by atoms with Crippen LogP contribution in [0.25, 0.3) is 0 Å². The molecule has 2 heterocycles. The fourth-order valence-corrected chi connectivity index (χ4v) is 4.64. The van der Waals surface area contributed by atoms with Crippen LogP contribution in [0.3, 0.4) is 0 Å². The van der Waals surface area contributed by atoms with Crippen molar-refractivity contribution in [2.75, 3.05) is 26.2 Å². The molecule has 25 heavy (non-hydrogen) atoms. The van der Waals surface area contributed by atoms with Gasteiger partial charge in [-0.15, -0.1) is 0 Å². The lowest BCUT2D eigenvalue weighted by molar-refractivity contribution is -0.140. The molecule has 0 radical (unpaired) electrons. The summed E-state index contributed by atoms with van der Waals surface area (Å²) >= 11 is 6.26. The average molecular weight is 361 g/mol. The van der Waals surface area contributed by atoms with Crippen molar-refractivity contribution >= 4 is 23.4 Å². The van der Waals surface area contributed by atoms with Crippen LogP contribution in [0.15, 0.2) is 24.3 Å². The van der Waals surface area contributed by atoms with Crippen molar-refractivity contribution in [3.05, 3.63) is 34.9 Å². The Morgan fingerprint density at radius 2 is 1.56 bits per heavy atom. The summed E-state index contributed by atoms with van der Waals surface area (Å²) in [6.45, 7) is 3.27. The number of amides is 2. The van der Waals surface area contributed by atoms with Crippen LogP contribution in [0.1, 0.15) is 43.6 Å². The molecule has 134 valence electrons. The second-order valence-electron chi connectivity index (χ2n) is 7.60. The summed E-state index contributed by atoms with van der Waals surface area (Å²) in [5, 5.41) is 0.762. The van der Waals surface area contributed by atoms with E-state index in [-0.39, 0.29) is 23.7 Å². The van der Waals surface area contributed by atoms with Crippen LogP contribution in [0.4, 0.5) is 0 Å². The van der Waals surface area contributed by atoms with E-state index in [1.807, 2.05) is 34.1 Å². The van der Waals surface area contributed by atoms with Crippen molar-refractivity contribution in [2.24, 2.45) is 11.8 Å². The van der Waals surface area contributed by atoms with E-state index in [2.05, 4.69) is 0 Å². The van der Waals surface area contributed by atoms with E-state index in [1.165, 1.54) is 0 Å². The Bertz CT molecular complexity index is 663. The Morgan fingerprint density at radius 1 is 0.920 bits per heavy atom. The first-order valence-corrected chi connectivity index (χ1v) is 9.85. The fourth-order valence-electron chi connectivity index (χ4n) is 4.36. The van der Waals surface area contributed by atoms with Gasteiger partial charge in [0.2, 0.25) is 11.8 Å². The monoisotopic (exact) mass is 360 g/mol. The van der Waals surface area contributed by atoms with E-state index in [0.29, 0.717) is 5.91 Å². The number of likely N-dealkylation sites (tertiary alicyclic amines) is 2. The van der Waals surface area contributed by atoms with Gasteiger partial charge in [-0.2, -0.15) is 0 Å². The van der Waals surface area contributed by atoms with Crippen molar-refractivity contribution < 1.29 is 9.59 Å². The van der Waals surface area contributed by atoms with Gasteiger partial charge in [-0.25, -0.2) is 0 Å². The summed E-state index contributed by atoms with van der Waals surface area (Å²) in [7, 11) is 0.